The lowest BCUT2D eigenvalue weighted by atomic mass is 10.2. The summed E-state index contributed by atoms with van der Waals surface area (Å²) in [6.07, 6.45) is 0.673. The summed E-state index contributed by atoms with van der Waals surface area (Å²) in [6.45, 7) is 1.96. The van der Waals surface area contributed by atoms with Gasteiger partial charge in [0.1, 0.15) is 0 Å². The first-order chi connectivity index (χ1) is 7.31. The van der Waals surface area contributed by atoms with Gasteiger partial charge in [0.15, 0.2) is 6.42 Å². The van der Waals surface area contributed by atoms with Gasteiger partial charge in [-0.3, -0.25) is 0 Å². The van der Waals surface area contributed by atoms with E-state index in [1.807, 2.05) is 6.07 Å². The summed E-state index contributed by atoms with van der Waals surface area (Å²) in [4.78, 5) is 0. The minimum atomic E-state index is -1.86. The van der Waals surface area contributed by atoms with Gasteiger partial charge in [-0.25, -0.2) is 4.67 Å². The summed E-state index contributed by atoms with van der Waals surface area (Å²) < 4.78 is 8.39. The molecule has 1 unspecified atom stereocenters. The van der Waals surface area contributed by atoms with E-state index in [1.165, 1.54) is 18.1 Å². The van der Waals surface area contributed by atoms with Crippen LogP contribution in [0.2, 0.25) is 0 Å². The van der Waals surface area contributed by atoms with Crippen molar-refractivity contribution in [2.24, 2.45) is 0 Å². The third-order valence-corrected chi connectivity index (χ3v) is 7.44. The van der Waals surface area contributed by atoms with E-state index in [4.69, 9.17) is 16.3 Å². The van der Waals surface area contributed by atoms with E-state index in [0.29, 0.717) is 6.04 Å². The van der Waals surface area contributed by atoms with Gasteiger partial charge in [-0.05, 0) is 24.6 Å². The molecule has 0 bridgehead atoms. The Morgan fingerprint density at radius 1 is 1.33 bits per heavy atom. The van der Waals surface area contributed by atoms with E-state index in [1.54, 1.807) is 0 Å². The van der Waals surface area contributed by atoms with Crippen LogP contribution in [-0.2, 0) is 16.3 Å². The second-order valence-electron chi connectivity index (χ2n) is 4.11. The van der Waals surface area contributed by atoms with Gasteiger partial charge in [0, 0.05) is 17.9 Å². The molecule has 15 heavy (non-hydrogen) atoms. The van der Waals surface area contributed by atoms with Crippen LogP contribution in [-0.4, -0.2) is 23.9 Å². The Morgan fingerprint density at radius 2 is 2.13 bits per heavy atom. The average molecular weight is 239 g/mol. The molecule has 2 saturated heterocycles. The Hall–Kier alpha value is -0.210. The lowest BCUT2D eigenvalue weighted by Gasteiger charge is -2.25. The van der Waals surface area contributed by atoms with Crippen LogP contribution in [0, 0.1) is 0 Å². The Kier molecular flexibility index (Phi) is 2.44. The molecule has 2 heterocycles. The number of benzene rings is 1. The number of hydrogen-bond donors (Lipinski definition) is 0. The predicted molar refractivity (Wildman–Crippen MR) is 66.0 cm³/mol. The average Bonchev–Trinajstić information content (AvgIpc) is 2.85. The molecule has 2 aliphatic rings. The summed E-state index contributed by atoms with van der Waals surface area (Å²) in [5.74, 6) is 0. The maximum Gasteiger partial charge on any atom is 0.162 e. The van der Waals surface area contributed by atoms with Gasteiger partial charge in [0.2, 0.25) is 0 Å². The van der Waals surface area contributed by atoms with Crippen molar-refractivity contribution in [2.45, 2.75) is 18.9 Å². The van der Waals surface area contributed by atoms with Crippen molar-refractivity contribution >= 4 is 23.5 Å². The molecular weight excluding hydrogens is 225 g/mol. The molecule has 80 valence electrons. The lowest BCUT2D eigenvalue weighted by Crippen LogP contribution is -2.24. The van der Waals surface area contributed by atoms with Gasteiger partial charge in [0.05, 0.1) is 6.61 Å². The van der Waals surface area contributed by atoms with Crippen molar-refractivity contribution in [1.82, 2.24) is 4.67 Å². The largest absolute Gasteiger partial charge is 0.333 e. The normalized spacial score (nSPS) is 35.6. The summed E-state index contributed by atoms with van der Waals surface area (Å²) in [5, 5.41) is 1.21. The van der Waals surface area contributed by atoms with E-state index in [9.17, 15) is 0 Å². The fraction of sp³-hybridized carbons (Fsp3) is 0.455. The highest BCUT2D eigenvalue weighted by molar-refractivity contribution is 8.14. The monoisotopic (exact) mass is 239 g/mol. The Morgan fingerprint density at radius 3 is 2.93 bits per heavy atom. The maximum atomic E-state index is 5.95. The molecule has 2 nitrogen and oxygen atoms in total. The van der Waals surface area contributed by atoms with Gasteiger partial charge in [-0.15, -0.1) is 0 Å². The molecular formula is C11H14NOPS. The third-order valence-electron chi connectivity index (χ3n) is 3.21. The van der Waals surface area contributed by atoms with Crippen molar-refractivity contribution < 1.29 is 4.52 Å². The molecule has 0 aromatic heterocycles. The molecule has 0 amide bonds. The molecule has 0 aliphatic carbocycles. The van der Waals surface area contributed by atoms with Gasteiger partial charge in [0.25, 0.3) is 0 Å². The first-order valence-electron chi connectivity index (χ1n) is 5.38. The second kappa shape index (κ2) is 3.67. The van der Waals surface area contributed by atoms with Crippen LogP contribution in [0.25, 0.3) is 0 Å². The van der Waals surface area contributed by atoms with E-state index >= 15 is 0 Å². The number of rotatable bonds is 1. The van der Waals surface area contributed by atoms with Crippen LogP contribution in [0.5, 0.6) is 0 Å². The summed E-state index contributed by atoms with van der Waals surface area (Å²) in [6, 6.07) is 11.0. The minimum absolute atomic E-state index is 0.594. The van der Waals surface area contributed by atoms with Gasteiger partial charge in [-0.1, -0.05) is 30.3 Å². The molecule has 4 heteroatoms. The topological polar surface area (TPSA) is 12.5 Å². The molecule has 2 fully saturated rings. The van der Waals surface area contributed by atoms with Crippen LogP contribution >= 0.6 is 6.42 Å². The first-order valence-corrected chi connectivity index (χ1v) is 8.05. The Bertz CT molecular complexity index is 408. The van der Waals surface area contributed by atoms with E-state index < -0.39 is 6.42 Å². The zero-order chi connectivity index (χ0) is 10.3. The Labute approximate surface area is 95.4 Å². The number of nitrogens with zero attached hydrogens (tertiary/aromatic N) is 1. The standard InChI is InChI=1S/C11H14NOPS/c15-14(11-6-2-1-3-7-11)12-8-4-5-10(12)9-13-14/h1-3,6-7,10H,4-5,8-9H2/t10-,14?/m0/s1. The first kappa shape index (κ1) is 9.98. The lowest BCUT2D eigenvalue weighted by molar-refractivity contribution is 0.342. The molecule has 0 spiro atoms. The van der Waals surface area contributed by atoms with Crippen molar-refractivity contribution in [3.63, 3.8) is 0 Å². The van der Waals surface area contributed by atoms with Crippen LogP contribution in [0.15, 0.2) is 30.3 Å². The second-order valence-corrected chi connectivity index (χ2v) is 7.92. The maximum absolute atomic E-state index is 5.95. The SMILES string of the molecule is S=P1(c2ccccc2)OC[C@@H]2CCCN21. The van der Waals surface area contributed by atoms with Gasteiger partial charge < -0.3 is 4.52 Å². The highest BCUT2D eigenvalue weighted by Gasteiger charge is 2.43. The smallest absolute Gasteiger partial charge is 0.162 e. The fourth-order valence-electron chi connectivity index (χ4n) is 2.44. The Balaban J connectivity index is 2.01. The van der Waals surface area contributed by atoms with Crippen LogP contribution in [0.1, 0.15) is 12.8 Å². The van der Waals surface area contributed by atoms with E-state index in [-0.39, 0.29) is 0 Å². The van der Waals surface area contributed by atoms with Crippen LogP contribution in [0.3, 0.4) is 0 Å². The van der Waals surface area contributed by atoms with Crippen molar-refractivity contribution in [3.8, 4) is 0 Å². The summed E-state index contributed by atoms with van der Waals surface area (Å²) in [7, 11) is 0. The molecule has 2 atom stereocenters. The van der Waals surface area contributed by atoms with Crippen LogP contribution < -0.4 is 5.30 Å². The molecule has 3 rings (SSSR count). The van der Waals surface area contributed by atoms with Gasteiger partial charge >= 0.3 is 0 Å². The molecule has 0 saturated carbocycles. The van der Waals surface area contributed by atoms with Crippen molar-refractivity contribution in [3.05, 3.63) is 30.3 Å². The zero-order valence-electron chi connectivity index (χ0n) is 8.50. The zero-order valence-corrected chi connectivity index (χ0v) is 10.2. The fourth-order valence-corrected chi connectivity index (χ4v) is 6.16. The van der Waals surface area contributed by atoms with Crippen LogP contribution in [0.4, 0.5) is 0 Å². The molecule has 0 N–H and O–H groups in total. The molecule has 1 aromatic rings. The predicted octanol–water partition coefficient (Wildman–Crippen LogP) is 2.12. The summed E-state index contributed by atoms with van der Waals surface area (Å²) >= 11 is 5.79. The summed E-state index contributed by atoms with van der Waals surface area (Å²) in [5.41, 5.74) is 0. The highest BCUT2D eigenvalue weighted by Crippen LogP contribution is 2.58. The number of fused-ring (bicyclic) bond motifs is 1. The third kappa shape index (κ3) is 1.50. The molecule has 1 aromatic carbocycles. The minimum Gasteiger partial charge on any atom is -0.333 e. The quantitative estimate of drug-likeness (QED) is 0.696. The van der Waals surface area contributed by atoms with Crippen molar-refractivity contribution in [1.29, 1.82) is 0 Å². The van der Waals surface area contributed by atoms with Crippen molar-refractivity contribution in [2.75, 3.05) is 13.2 Å². The number of hydrogen-bond acceptors (Lipinski definition) is 2. The highest BCUT2D eigenvalue weighted by atomic mass is 32.4. The van der Waals surface area contributed by atoms with E-state index in [2.05, 4.69) is 28.9 Å². The van der Waals surface area contributed by atoms with E-state index in [0.717, 1.165) is 13.2 Å². The molecule has 0 radical (unpaired) electrons. The molecule has 2 aliphatic heterocycles. The van der Waals surface area contributed by atoms with Gasteiger partial charge in [-0.2, -0.15) is 0 Å².